The number of nitrogens with one attached hydrogen (secondary N) is 1. The molecule has 39 heavy (non-hydrogen) atoms. The van der Waals surface area contributed by atoms with Crippen molar-refractivity contribution >= 4 is 50.5 Å². The molecule has 3 aromatic rings. The van der Waals surface area contributed by atoms with Gasteiger partial charge in [0.2, 0.25) is 15.9 Å². The Labute approximate surface area is 233 Å². The van der Waals surface area contributed by atoms with Gasteiger partial charge in [-0.2, -0.15) is 0 Å². The number of anilines is 2. The molecule has 4 rings (SSSR count). The summed E-state index contributed by atoms with van der Waals surface area (Å²) in [4.78, 5) is 29.8. The average Bonchev–Trinajstić information content (AvgIpc) is 3.15. The summed E-state index contributed by atoms with van der Waals surface area (Å²) in [6, 6.07) is 21.6. The van der Waals surface area contributed by atoms with E-state index in [0.717, 1.165) is 12.0 Å². The molecular weight excluding hydrogens is 536 g/mol. The summed E-state index contributed by atoms with van der Waals surface area (Å²) < 4.78 is 28.7. The molecule has 204 valence electrons. The lowest BCUT2D eigenvalue weighted by molar-refractivity contribution is -0.124. The van der Waals surface area contributed by atoms with E-state index in [0.29, 0.717) is 41.8 Å². The van der Waals surface area contributed by atoms with Crippen molar-refractivity contribution in [3.63, 3.8) is 0 Å². The Morgan fingerprint density at radius 3 is 2.31 bits per heavy atom. The van der Waals surface area contributed by atoms with Gasteiger partial charge in [-0.25, -0.2) is 13.6 Å². The Hall–Kier alpha value is -3.80. The lowest BCUT2D eigenvalue weighted by Gasteiger charge is -2.24. The van der Waals surface area contributed by atoms with E-state index >= 15 is 0 Å². The van der Waals surface area contributed by atoms with Crippen molar-refractivity contribution < 1.29 is 22.7 Å². The highest BCUT2D eigenvalue weighted by Crippen LogP contribution is 2.28. The Morgan fingerprint density at radius 2 is 1.69 bits per heavy atom. The third-order valence-electron chi connectivity index (χ3n) is 6.22. The van der Waals surface area contributed by atoms with E-state index in [1.54, 1.807) is 53.4 Å². The van der Waals surface area contributed by atoms with Crippen LogP contribution in [0.2, 0.25) is 0 Å². The third kappa shape index (κ3) is 6.99. The minimum Gasteiger partial charge on any atom is -0.494 e. The van der Waals surface area contributed by atoms with E-state index in [-0.39, 0.29) is 23.1 Å². The number of thiocarbonyl (C=S) groups is 1. The maximum Gasteiger partial charge on any atom is 0.256 e. The number of primary sulfonamides is 1. The molecule has 1 atom stereocenters. The number of nitrogens with two attached hydrogens (primary N) is 1. The monoisotopic (exact) mass is 566 g/mol. The normalized spacial score (nSPS) is 15.5. The lowest BCUT2D eigenvalue weighted by Crippen LogP contribution is -2.39. The molecule has 11 heteroatoms. The fourth-order valence-corrected chi connectivity index (χ4v) is 5.17. The zero-order chi connectivity index (χ0) is 28.0. The van der Waals surface area contributed by atoms with Crippen LogP contribution in [0.4, 0.5) is 11.4 Å². The molecule has 0 unspecified atom stereocenters. The first kappa shape index (κ1) is 28.2. The van der Waals surface area contributed by atoms with Crippen molar-refractivity contribution in [1.82, 2.24) is 4.90 Å². The molecule has 1 aliphatic rings. The Morgan fingerprint density at radius 1 is 1.03 bits per heavy atom. The summed E-state index contributed by atoms with van der Waals surface area (Å²) >= 11 is 5.70. The highest BCUT2D eigenvalue weighted by molar-refractivity contribution is 7.89. The number of hydrogen-bond donors (Lipinski definition) is 2. The zero-order valence-corrected chi connectivity index (χ0v) is 23.1. The van der Waals surface area contributed by atoms with E-state index in [1.165, 1.54) is 17.0 Å². The lowest BCUT2D eigenvalue weighted by atomic mass is 10.1. The standard InChI is InChI=1S/C28H30N4O5S2/c1-2-18-37-23-12-10-21(11-13-23)30-26(33)19-25-27(34)32(22-6-4-3-5-7-22)28(38)31(25)17-16-20-8-14-24(15-9-20)39(29,35)36/h3-15,25H,2,16-19H2,1H3,(H,30,33)(H2,29,35,36)/t25-/m0/s1. The molecule has 0 aromatic heterocycles. The van der Waals surface area contributed by atoms with Gasteiger partial charge in [-0.1, -0.05) is 37.3 Å². The summed E-state index contributed by atoms with van der Waals surface area (Å²) in [5, 5.41) is 8.35. The smallest absolute Gasteiger partial charge is 0.256 e. The molecule has 9 nitrogen and oxygen atoms in total. The van der Waals surface area contributed by atoms with Gasteiger partial charge in [0, 0.05) is 12.2 Å². The second-order valence-electron chi connectivity index (χ2n) is 9.07. The molecule has 0 spiro atoms. The fraction of sp³-hybridized carbons (Fsp3) is 0.250. The molecule has 0 saturated carbocycles. The maximum atomic E-state index is 13.5. The summed E-state index contributed by atoms with van der Waals surface area (Å²) in [7, 11) is -3.79. The first-order chi connectivity index (χ1) is 18.7. The third-order valence-corrected chi connectivity index (χ3v) is 7.56. The van der Waals surface area contributed by atoms with E-state index < -0.39 is 16.1 Å². The quantitative estimate of drug-likeness (QED) is 0.340. The van der Waals surface area contributed by atoms with Crippen molar-refractivity contribution in [2.45, 2.75) is 37.1 Å². The second-order valence-corrected chi connectivity index (χ2v) is 11.0. The van der Waals surface area contributed by atoms with Crippen molar-refractivity contribution in [2.24, 2.45) is 5.14 Å². The van der Waals surface area contributed by atoms with Crippen LogP contribution in [0.1, 0.15) is 25.3 Å². The molecule has 3 N–H and O–H groups in total. The Kier molecular flexibility index (Phi) is 8.95. The predicted molar refractivity (Wildman–Crippen MR) is 154 cm³/mol. The highest BCUT2D eigenvalue weighted by atomic mass is 32.2. The van der Waals surface area contributed by atoms with Crippen LogP contribution in [0.25, 0.3) is 0 Å². The molecule has 1 heterocycles. The Bertz CT molecular complexity index is 1430. The van der Waals surface area contributed by atoms with Crippen LogP contribution in [-0.4, -0.2) is 49.4 Å². The number of para-hydroxylation sites is 1. The Balaban J connectivity index is 1.49. The molecular formula is C28H30N4O5S2. The molecule has 1 saturated heterocycles. The van der Waals surface area contributed by atoms with Crippen molar-refractivity contribution in [3.8, 4) is 5.75 Å². The number of nitrogens with zero attached hydrogens (tertiary/aromatic N) is 2. The number of carbonyl (C=O) groups is 2. The van der Waals surface area contributed by atoms with Crippen molar-refractivity contribution in [3.05, 3.63) is 84.4 Å². The minimum atomic E-state index is -3.79. The van der Waals surface area contributed by atoms with Crippen molar-refractivity contribution in [1.29, 1.82) is 0 Å². The van der Waals surface area contributed by atoms with Gasteiger partial charge in [-0.15, -0.1) is 0 Å². The second kappa shape index (κ2) is 12.4. The number of sulfonamides is 1. The molecule has 2 amide bonds. The van der Waals surface area contributed by atoms with Crippen LogP contribution >= 0.6 is 12.2 Å². The SMILES string of the molecule is CCCOc1ccc(NC(=O)C[C@H]2C(=O)N(c3ccccc3)C(=S)N2CCc2ccc(S(N)(=O)=O)cc2)cc1. The van der Waals surface area contributed by atoms with Crippen molar-refractivity contribution in [2.75, 3.05) is 23.4 Å². The van der Waals surface area contributed by atoms with Gasteiger partial charge in [-0.3, -0.25) is 14.5 Å². The van der Waals surface area contributed by atoms with Gasteiger partial charge in [-0.05, 0) is 79.2 Å². The summed E-state index contributed by atoms with van der Waals surface area (Å²) in [5.41, 5.74) is 2.06. The van der Waals surface area contributed by atoms with Crippen LogP contribution in [0.5, 0.6) is 5.75 Å². The van der Waals surface area contributed by atoms with E-state index in [1.807, 2.05) is 25.1 Å². The van der Waals surface area contributed by atoms with Crippen LogP contribution < -0.4 is 20.1 Å². The summed E-state index contributed by atoms with van der Waals surface area (Å²) in [6.45, 7) is 2.99. The predicted octanol–water partition coefficient (Wildman–Crippen LogP) is 3.70. The largest absolute Gasteiger partial charge is 0.494 e. The molecule has 1 fully saturated rings. The van der Waals surface area contributed by atoms with Gasteiger partial charge in [0.05, 0.1) is 23.6 Å². The topological polar surface area (TPSA) is 122 Å². The number of ether oxygens (including phenoxy) is 1. The number of benzene rings is 3. The molecule has 0 bridgehead atoms. The molecule has 0 aliphatic carbocycles. The zero-order valence-electron chi connectivity index (χ0n) is 21.4. The first-order valence-electron chi connectivity index (χ1n) is 12.5. The summed E-state index contributed by atoms with van der Waals surface area (Å²) in [6.07, 6.45) is 1.27. The number of rotatable bonds is 11. The average molecular weight is 567 g/mol. The van der Waals surface area contributed by atoms with E-state index in [2.05, 4.69) is 5.32 Å². The van der Waals surface area contributed by atoms with Gasteiger partial charge in [0.15, 0.2) is 5.11 Å². The molecule has 1 aliphatic heterocycles. The molecule has 3 aromatic carbocycles. The van der Waals surface area contributed by atoms with Gasteiger partial charge >= 0.3 is 0 Å². The van der Waals surface area contributed by atoms with Gasteiger partial charge in [0.1, 0.15) is 11.8 Å². The van der Waals surface area contributed by atoms with Crippen LogP contribution in [0, 0.1) is 0 Å². The van der Waals surface area contributed by atoms with E-state index in [4.69, 9.17) is 22.1 Å². The fourth-order valence-electron chi connectivity index (χ4n) is 4.24. The van der Waals surface area contributed by atoms with Gasteiger partial charge in [0.25, 0.3) is 5.91 Å². The van der Waals surface area contributed by atoms with E-state index in [9.17, 15) is 18.0 Å². The number of hydrogen-bond acceptors (Lipinski definition) is 6. The number of carbonyl (C=O) groups excluding carboxylic acids is 2. The minimum absolute atomic E-state index is 0.0212. The van der Waals surface area contributed by atoms with Crippen LogP contribution in [0.15, 0.2) is 83.8 Å². The first-order valence-corrected chi connectivity index (χ1v) is 14.5. The van der Waals surface area contributed by atoms with Crippen LogP contribution in [-0.2, 0) is 26.0 Å². The summed E-state index contributed by atoms with van der Waals surface area (Å²) in [5.74, 6) is 0.109. The van der Waals surface area contributed by atoms with Crippen LogP contribution in [0.3, 0.4) is 0 Å². The highest BCUT2D eigenvalue weighted by Gasteiger charge is 2.43. The molecule has 0 radical (unpaired) electrons. The van der Waals surface area contributed by atoms with Gasteiger partial charge < -0.3 is 15.0 Å². The maximum absolute atomic E-state index is 13.5. The number of amides is 2.